The van der Waals surface area contributed by atoms with Crippen LogP contribution in [0.5, 0.6) is 0 Å². The molecule has 0 bridgehead atoms. The van der Waals surface area contributed by atoms with Crippen molar-refractivity contribution < 1.29 is 9.53 Å². The van der Waals surface area contributed by atoms with E-state index in [9.17, 15) is 4.79 Å². The number of nitrogens with zero attached hydrogens (tertiary/aromatic N) is 4. The van der Waals surface area contributed by atoms with Gasteiger partial charge in [0.15, 0.2) is 0 Å². The van der Waals surface area contributed by atoms with Crippen molar-refractivity contribution in [2.45, 2.75) is 19.9 Å². The molecule has 0 saturated carbocycles. The van der Waals surface area contributed by atoms with Crippen LogP contribution in [-0.2, 0) is 11.3 Å². The van der Waals surface area contributed by atoms with Crippen LogP contribution in [0.15, 0.2) is 6.20 Å². The summed E-state index contributed by atoms with van der Waals surface area (Å²) in [6.45, 7) is 5.22. The van der Waals surface area contributed by atoms with Gasteiger partial charge < -0.3 is 20.3 Å². The number of aromatic nitrogens is 2. The van der Waals surface area contributed by atoms with E-state index in [0.717, 1.165) is 13.0 Å². The molecule has 2 N–H and O–H groups in total. The lowest BCUT2D eigenvalue weighted by atomic mass is 10.2. The van der Waals surface area contributed by atoms with Crippen LogP contribution in [0.2, 0.25) is 0 Å². The first kappa shape index (κ1) is 17.5. The van der Waals surface area contributed by atoms with Crippen molar-refractivity contribution in [3.63, 3.8) is 0 Å². The molecule has 1 heterocycles. The van der Waals surface area contributed by atoms with Gasteiger partial charge in [0.2, 0.25) is 0 Å². The van der Waals surface area contributed by atoms with E-state index in [4.69, 9.17) is 10.5 Å². The van der Waals surface area contributed by atoms with E-state index in [1.807, 2.05) is 21.0 Å². The molecule has 0 aliphatic carbocycles. The normalized spacial score (nSPS) is 11.1. The monoisotopic (exact) mass is 297 g/mol. The number of anilines is 1. The van der Waals surface area contributed by atoms with Crippen LogP contribution in [0.25, 0.3) is 0 Å². The van der Waals surface area contributed by atoms with Crippen molar-refractivity contribution in [3.8, 4) is 0 Å². The van der Waals surface area contributed by atoms with Crippen molar-refractivity contribution >= 4 is 11.6 Å². The van der Waals surface area contributed by atoms with Crippen LogP contribution in [-0.4, -0.2) is 72.9 Å². The van der Waals surface area contributed by atoms with Crippen LogP contribution in [0.1, 0.15) is 23.8 Å². The first-order valence-electron chi connectivity index (χ1n) is 7.25. The second-order valence-electron chi connectivity index (χ2n) is 5.21. The maximum atomic E-state index is 12.7. The maximum absolute atomic E-state index is 12.7. The molecule has 0 unspecified atom stereocenters. The summed E-state index contributed by atoms with van der Waals surface area (Å²) in [4.78, 5) is 16.6. The molecule has 1 aromatic rings. The first-order chi connectivity index (χ1) is 10.0. The van der Waals surface area contributed by atoms with Crippen molar-refractivity contribution in [2.24, 2.45) is 0 Å². The molecule has 120 valence electrons. The second-order valence-corrected chi connectivity index (χ2v) is 5.21. The van der Waals surface area contributed by atoms with E-state index in [0.29, 0.717) is 37.6 Å². The summed E-state index contributed by atoms with van der Waals surface area (Å²) in [6.07, 6.45) is 2.44. The molecule has 7 nitrogen and oxygen atoms in total. The highest BCUT2D eigenvalue weighted by Crippen LogP contribution is 2.14. The molecular formula is C14H27N5O2. The fraction of sp³-hybridized carbons (Fsp3) is 0.714. The average Bonchev–Trinajstić information content (AvgIpc) is 2.82. The van der Waals surface area contributed by atoms with Gasteiger partial charge in [-0.2, -0.15) is 5.10 Å². The van der Waals surface area contributed by atoms with Crippen molar-refractivity contribution in [1.82, 2.24) is 19.6 Å². The Hall–Kier alpha value is -1.60. The lowest BCUT2D eigenvalue weighted by Crippen LogP contribution is -2.37. The van der Waals surface area contributed by atoms with E-state index in [2.05, 4.69) is 10.00 Å². The maximum Gasteiger partial charge on any atom is 0.274 e. The van der Waals surface area contributed by atoms with Crippen LogP contribution >= 0.6 is 0 Å². The zero-order chi connectivity index (χ0) is 15.8. The van der Waals surface area contributed by atoms with Gasteiger partial charge in [-0.15, -0.1) is 0 Å². The predicted molar refractivity (Wildman–Crippen MR) is 83.3 cm³/mol. The number of methoxy groups -OCH3 is 1. The quantitative estimate of drug-likeness (QED) is 0.719. The average molecular weight is 297 g/mol. The Morgan fingerprint density at radius 2 is 2.10 bits per heavy atom. The fourth-order valence-electron chi connectivity index (χ4n) is 2.12. The van der Waals surface area contributed by atoms with Crippen LogP contribution < -0.4 is 5.73 Å². The van der Waals surface area contributed by atoms with Gasteiger partial charge in [0.25, 0.3) is 5.91 Å². The summed E-state index contributed by atoms with van der Waals surface area (Å²) in [7, 11) is 5.67. The number of nitrogen functional groups attached to an aromatic ring is 1. The number of carbonyl (C=O) groups excluding carboxylic acids is 1. The van der Waals surface area contributed by atoms with Gasteiger partial charge in [0.1, 0.15) is 5.69 Å². The molecule has 1 aromatic heterocycles. The number of rotatable bonds is 9. The summed E-state index contributed by atoms with van der Waals surface area (Å²) in [5, 5.41) is 4.13. The number of hydrogen-bond donors (Lipinski definition) is 1. The highest BCUT2D eigenvalue weighted by Gasteiger charge is 2.22. The lowest BCUT2D eigenvalue weighted by Gasteiger charge is -2.23. The Kier molecular flexibility index (Phi) is 7.18. The molecule has 0 saturated heterocycles. The Labute approximate surface area is 126 Å². The molecule has 0 aliphatic rings. The third-order valence-corrected chi connectivity index (χ3v) is 3.26. The number of hydrogen-bond acceptors (Lipinski definition) is 5. The fourth-order valence-corrected chi connectivity index (χ4v) is 2.12. The molecule has 21 heavy (non-hydrogen) atoms. The smallest absolute Gasteiger partial charge is 0.274 e. The van der Waals surface area contributed by atoms with E-state index in [1.165, 1.54) is 6.20 Å². The molecule has 0 spiro atoms. The summed E-state index contributed by atoms with van der Waals surface area (Å²) >= 11 is 0. The largest absolute Gasteiger partial charge is 0.396 e. The van der Waals surface area contributed by atoms with Gasteiger partial charge in [-0.1, -0.05) is 0 Å². The van der Waals surface area contributed by atoms with Gasteiger partial charge in [0, 0.05) is 26.7 Å². The minimum Gasteiger partial charge on any atom is -0.396 e. The topological polar surface area (TPSA) is 76.6 Å². The minimum absolute atomic E-state index is 0.0809. The summed E-state index contributed by atoms with van der Waals surface area (Å²) < 4.78 is 6.74. The standard InChI is InChI=1S/C14H27N5O2/c1-5-19-13(12(15)11-16-19)14(20)18(9-10-21-4)8-6-7-17(2)3/h11H,5-10,15H2,1-4H3. The number of amides is 1. The van der Waals surface area contributed by atoms with Gasteiger partial charge >= 0.3 is 0 Å². The van der Waals surface area contributed by atoms with Crippen molar-refractivity contribution in [2.75, 3.05) is 53.2 Å². The first-order valence-corrected chi connectivity index (χ1v) is 7.25. The van der Waals surface area contributed by atoms with Crippen molar-refractivity contribution in [1.29, 1.82) is 0 Å². The Bertz CT molecular complexity index is 445. The Morgan fingerprint density at radius 1 is 1.38 bits per heavy atom. The van der Waals surface area contributed by atoms with Crippen molar-refractivity contribution in [3.05, 3.63) is 11.9 Å². The molecule has 7 heteroatoms. The molecular weight excluding hydrogens is 270 g/mol. The number of aryl methyl sites for hydroxylation is 1. The minimum atomic E-state index is -0.0809. The number of ether oxygens (including phenoxy) is 1. The van der Waals surface area contributed by atoms with E-state index >= 15 is 0 Å². The SMILES string of the molecule is CCn1ncc(N)c1C(=O)N(CCCN(C)C)CCOC. The second kappa shape index (κ2) is 8.63. The predicted octanol–water partition coefficient (Wildman–Crippen LogP) is 0.526. The number of nitrogens with two attached hydrogens (primary N) is 1. The van der Waals surface area contributed by atoms with Crippen LogP contribution in [0.4, 0.5) is 5.69 Å². The van der Waals surface area contributed by atoms with Crippen LogP contribution in [0.3, 0.4) is 0 Å². The summed E-state index contributed by atoms with van der Waals surface area (Å²) in [5.41, 5.74) is 6.79. The third kappa shape index (κ3) is 5.02. The lowest BCUT2D eigenvalue weighted by molar-refractivity contribution is 0.0678. The van der Waals surface area contributed by atoms with E-state index < -0.39 is 0 Å². The zero-order valence-corrected chi connectivity index (χ0v) is 13.5. The molecule has 0 atom stereocenters. The Balaban J connectivity index is 2.80. The van der Waals surface area contributed by atoms with Gasteiger partial charge in [-0.25, -0.2) is 0 Å². The highest BCUT2D eigenvalue weighted by atomic mass is 16.5. The van der Waals surface area contributed by atoms with E-state index in [-0.39, 0.29) is 5.91 Å². The molecule has 1 rings (SSSR count). The molecule has 0 aromatic carbocycles. The summed E-state index contributed by atoms with van der Waals surface area (Å²) in [5.74, 6) is -0.0809. The number of carbonyl (C=O) groups is 1. The molecule has 0 aliphatic heterocycles. The van der Waals surface area contributed by atoms with Gasteiger partial charge in [-0.3, -0.25) is 9.48 Å². The summed E-state index contributed by atoms with van der Waals surface area (Å²) in [6, 6.07) is 0. The molecule has 0 fully saturated rings. The van der Waals surface area contributed by atoms with Crippen LogP contribution in [0, 0.1) is 0 Å². The highest BCUT2D eigenvalue weighted by molar-refractivity contribution is 5.97. The van der Waals surface area contributed by atoms with E-state index in [1.54, 1.807) is 16.7 Å². The molecule has 0 radical (unpaired) electrons. The zero-order valence-electron chi connectivity index (χ0n) is 13.5. The molecule has 1 amide bonds. The third-order valence-electron chi connectivity index (χ3n) is 3.26. The van der Waals surface area contributed by atoms with Gasteiger partial charge in [0.05, 0.1) is 18.5 Å². The van der Waals surface area contributed by atoms with Gasteiger partial charge in [-0.05, 0) is 34.0 Å². The Morgan fingerprint density at radius 3 is 2.67 bits per heavy atom.